The van der Waals surface area contributed by atoms with Crippen molar-refractivity contribution in [3.05, 3.63) is 48.5 Å². The third kappa shape index (κ3) is 2.81. The lowest BCUT2D eigenvalue weighted by molar-refractivity contribution is 0.0987. The number of anilines is 1. The van der Waals surface area contributed by atoms with Gasteiger partial charge >= 0.3 is 0 Å². The molecule has 1 aliphatic rings. The summed E-state index contributed by atoms with van der Waals surface area (Å²) in [7, 11) is 1.95. The average Bonchev–Trinajstić information content (AvgIpc) is 3.52. The van der Waals surface area contributed by atoms with Gasteiger partial charge in [0.15, 0.2) is 11.5 Å². The molecule has 6 rings (SSSR count). The van der Waals surface area contributed by atoms with Gasteiger partial charge in [-0.1, -0.05) is 0 Å². The van der Waals surface area contributed by atoms with Gasteiger partial charge < -0.3 is 14.6 Å². The highest BCUT2D eigenvalue weighted by Gasteiger charge is 2.26. The number of ether oxygens (including phenoxy) is 1. The van der Waals surface area contributed by atoms with Crippen molar-refractivity contribution in [3.8, 4) is 17.2 Å². The molecule has 0 bridgehead atoms. The largest absolute Gasteiger partial charge is 0.377 e. The fourth-order valence-electron chi connectivity index (χ4n) is 4.59. The molecule has 1 atom stereocenters. The average molecular weight is 429 g/mol. The molecule has 1 unspecified atom stereocenters. The van der Waals surface area contributed by atoms with Gasteiger partial charge in [0.2, 0.25) is 0 Å². The lowest BCUT2D eigenvalue weighted by atomic mass is 10.1. The lowest BCUT2D eigenvalue weighted by Gasteiger charge is -2.34. The monoisotopic (exact) mass is 428 g/mol. The van der Waals surface area contributed by atoms with Gasteiger partial charge in [0, 0.05) is 48.7 Å². The Kier molecular flexibility index (Phi) is 4.25. The maximum Gasteiger partial charge on any atom is 0.164 e. The van der Waals surface area contributed by atoms with Crippen LogP contribution in [0.5, 0.6) is 0 Å². The van der Waals surface area contributed by atoms with Crippen LogP contribution < -0.4 is 4.90 Å². The summed E-state index contributed by atoms with van der Waals surface area (Å²) >= 11 is 0. The Morgan fingerprint density at radius 2 is 2.06 bits per heavy atom. The first-order valence-electron chi connectivity index (χ1n) is 10.8. The Labute approximate surface area is 184 Å². The van der Waals surface area contributed by atoms with Gasteiger partial charge in [-0.25, -0.2) is 15.0 Å². The van der Waals surface area contributed by atoms with Crippen LogP contribution in [-0.2, 0) is 11.8 Å². The number of nitrogens with zero attached hydrogens (tertiary/aromatic N) is 7. The number of hydrogen-bond donors (Lipinski definition) is 1. The van der Waals surface area contributed by atoms with E-state index in [9.17, 15) is 0 Å². The lowest BCUT2D eigenvalue weighted by Crippen LogP contribution is -2.44. The van der Waals surface area contributed by atoms with Crippen LogP contribution in [-0.4, -0.2) is 60.1 Å². The summed E-state index contributed by atoms with van der Waals surface area (Å²) in [4.78, 5) is 20.1. The maximum absolute atomic E-state index is 5.69. The zero-order chi connectivity index (χ0) is 21.8. The van der Waals surface area contributed by atoms with E-state index in [1.54, 1.807) is 6.20 Å². The Hall–Kier alpha value is -3.72. The molecule has 0 aromatic carbocycles. The van der Waals surface area contributed by atoms with Crippen LogP contribution in [0.2, 0.25) is 0 Å². The Morgan fingerprint density at radius 1 is 1.16 bits per heavy atom. The molecule has 0 radical (unpaired) electrons. The van der Waals surface area contributed by atoms with E-state index >= 15 is 0 Å². The number of aromatic nitrogens is 7. The second-order valence-corrected chi connectivity index (χ2v) is 8.28. The number of rotatable bonds is 3. The fraction of sp³-hybridized carbons (Fsp3) is 0.304. The third-order valence-corrected chi connectivity index (χ3v) is 6.18. The van der Waals surface area contributed by atoms with E-state index in [2.05, 4.69) is 50.6 Å². The second-order valence-electron chi connectivity index (χ2n) is 8.28. The summed E-state index contributed by atoms with van der Waals surface area (Å²) in [6.07, 6.45) is 7.62. The molecule has 1 fully saturated rings. The molecule has 0 saturated carbocycles. The first kappa shape index (κ1) is 19.0. The Balaban J connectivity index is 1.65. The van der Waals surface area contributed by atoms with Crippen LogP contribution in [0.3, 0.4) is 0 Å². The summed E-state index contributed by atoms with van der Waals surface area (Å²) < 4.78 is 9.67. The maximum atomic E-state index is 5.69. The highest BCUT2D eigenvalue weighted by Crippen LogP contribution is 2.33. The predicted molar refractivity (Wildman–Crippen MR) is 123 cm³/mol. The minimum absolute atomic E-state index is 0.223. The zero-order valence-electron chi connectivity index (χ0n) is 18.3. The van der Waals surface area contributed by atoms with Crippen molar-refractivity contribution in [2.24, 2.45) is 7.05 Å². The fourth-order valence-corrected chi connectivity index (χ4v) is 4.59. The molecule has 0 spiro atoms. The molecule has 1 aliphatic heterocycles. The molecule has 32 heavy (non-hydrogen) atoms. The minimum Gasteiger partial charge on any atom is -0.377 e. The van der Waals surface area contributed by atoms with Gasteiger partial charge in [-0.3, -0.25) is 9.25 Å². The zero-order valence-corrected chi connectivity index (χ0v) is 18.3. The Morgan fingerprint density at radius 3 is 2.88 bits per heavy atom. The smallest absolute Gasteiger partial charge is 0.164 e. The van der Waals surface area contributed by atoms with E-state index in [1.165, 1.54) is 0 Å². The molecule has 0 amide bonds. The molecule has 9 heteroatoms. The van der Waals surface area contributed by atoms with Crippen molar-refractivity contribution < 1.29 is 4.74 Å². The summed E-state index contributed by atoms with van der Waals surface area (Å²) in [5.41, 5.74) is 3.72. The van der Waals surface area contributed by atoms with E-state index in [1.807, 2.05) is 36.3 Å². The quantitative estimate of drug-likeness (QED) is 0.475. The molecule has 5 aromatic rings. The molecule has 1 saturated heterocycles. The molecule has 5 aromatic heterocycles. The summed E-state index contributed by atoms with van der Waals surface area (Å²) in [6.45, 7) is 6.39. The van der Waals surface area contributed by atoms with Crippen molar-refractivity contribution in [1.82, 2.24) is 34.3 Å². The normalized spacial score (nSPS) is 17.0. The van der Waals surface area contributed by atoms with Gasteiger partial charge in [0.05, 0.1) is 30.8 Å². The number of hydrogen-bond acceptors (Lipinski definition) is 6. The van der Waals surface area contributed by atoms with E-state index in [-0.39, 0.29) is 6.04 Å². The second kappa shape index (κ2) is 7.16. The molecule has 162 valence electrons. The van der Waals surface area contributed by atoms with Crippen LogP contribution in [0.4, 0.5) is 5.82 Å². The highest BCUT2D eigenvalue weighted by molar-refractivity contribution is 5.95. The van der Waals surface area contributed by atoms with Crippen LogP contribution in [0.1, 0.15) is 12.5 Å². The van der Waals surface area contributed by atoms with Crippen molar-refractivity contribution in [1.29, 1.82) is 0 Å². The minimum atomic E-state index is 0.223. The van der Waals surface area contributed by atoms with E-state index < -0.39 is 0 Å². The van der Waals surface area contributed by atoms with Gasteiger partial charge in [0.1, 0.15) is 17.3 Å². The standard InChI is InChI=1S/C23H24N8O/c1-14-12-26-29(3)23(14)31-9-6-18-21(30-10-11-32-13-15(30)2)27-20(28-22(18)31)17-5-8-25-19-16(17)4-7-24-19/h4-9,12,15H,10-11,13H2,1-3H3,(H,24,25). The van der Waals surface area contributed by atoms with Crippen LogP contribution in [0.25, 0.3) is 39.3 Å². The van der Waals surface area contributed by atoms with Crippen LogP contribution in [0.15, 0.2) is 43.0 Å². The number of aryl methyl sites for hydroxylation is 2. The molecule has 1 N–H and O–H groups in total. The van der Waals surface area contributed by atoms with Gasteiger partial charge in [-0.05, 0) is 32.0 Å². The number of nitrogens with one attached hydrogen (secondary N) is 1. The van der Waals surface area contributed by atoms with Crippen LogP contribution >= 0.6 is 0 Å². The van der Waals surface area contributed by atoms with Crippen molar-refractivity contribution in [3.63, 3.8) is 0 Å². The Bertz CT molecular complexity index is 1430. The molecular formula is C23H24N8O. The number of H-pyrrole nitrogens is 1. The first-order chi connectivity index (χ1) is 15.6. The number of morpholine rings is 1. The third-order valence-electron chi connectivity index (χ3n) is 6.18. The van der Waals surface area contributed by atoms with Crippen LogP contribution in [0, 0.1) is 6.92 Å². The number of fused-ring (bicyclic) bond motifs is 2. The van der Waals surface area contributed by atoms with Gasteiger partial charge in [0.25, 0.3) is 0 Å². The van der Waals surface area contributed by atoms with Crippen molar-refractivity contribution in [2.75, 3.05) is 24.7 Å². The van der Waals surface area contributed by atoms with Gasteiger partial charge in [-0.15, -0.1) is 0 Å². The van der Waals surface area contributed by atoms with E-state index in [0.29, 0.717) is 19.0 Å². The molecule has 0 aliphatic carbocycles. The SMILES string of the molecule is Cc1cnn(C)c1-n1ccc2c(N3CCOCC3C)nc(-c3ccnc4[nH]ccc34)nc21. The molecule has 9 nitrogen and oxygen atoms in total. The topological polar surface area (TPSA) is 89.7 Å². The van der Waals surface area contributed by atoms with Crippen molar-refractivity contribution >= 4 is 27.9 Å². The summed E-state index contributed by atoms with van der Waals surface area (Å²) in [6, 6.07) is 6.32. The summed E-state index contributed by atoms with van der Waals surface area (Å²) in [5, 5.41) is 6.45. The molecular weight excluding hydrogens is 404 g/mol. The van der Waals surface area contributed by atoms with Crippen molar-refractivity contribution in [2.45, 2.75) is 19.9 Å². The first-order valence-corrected chi connectivity index (χ1v) is 10.8. The van der Waals surface area contributed by atoms with E-state index in [0.717, 1.165) is 51.4 Å². The van der Waals surface area contributed by atoms with Gasteiger partial charge in [-0.2, -0.15) is 5.10 Å². The highest BCUT2D eigenvalue weighted by atomic mass is 16.5. The molecule has 6 heterocycles. The number of aromatic amines is 1. The summed E-state index contributed by atoms with van der Waals surface area (Å²) in [5.74, 6) is 2.60. The number of pyridine rings is 1. The predicted octanol–water partition coefficient (Wildman–Crippen LogP) is 3.23. The van der Waals surface area contributed by atoms with E-state index in [4.69, 9.17) is 14.7 Å².